The molecule has 206 valence electrons. The molecule has 0 radical (unpaired) electrons. The van der Waals surface area contributed by atoms with Crippen molar-refractivity contribution in [1.29, 1.82) is 0 Å². The molecule has 7 nitrogen and oxygen atoms in total. The van der Waals surface area contributed by atoms with Crippen LogP contribution < -0.4 is 9.62 Å². The molecule has 9 heteroatoms. The zero-order valence-corrected chi connectivity index (χ0v) is 23.7. The van der Waals surface area contributed by atoms with Crippen molar-refractivity contribution >= 4 is 49.9 Å². The van der Waals surface area contributed by atoms with Crippen LogP contribution in [0.3, 0.4) is 0 Å². The highest BCUT2D eigenvalue weighted by Gasteiger charge is 2.36. The van der Waals surface area contributed by atoms with Crippen molar-refractivity contribution in [3.63, 3.8) is 0 Å². The Hall–Kier alpha value is -3.10. The quantitative estimate of drug-likeness (QED) is 0.343. The van der Waals surface area contributed by atoms with Crippen LogP contribution in [0.15, 0.2) is 65.6 Å². The van der Waals surface area contributed by atoms with Gasteiger partial charge < -0.3 is 10.2 Å². The van der Waals surface area contributed by atoms with Crippen molar-refractivity contribution in [1.82, 2.24) is 10.2 Å². The van der Waals surface area contributed by atoms with Crippen LogP contribution in [-0.4, -0.2) is 43.8 Å². The van der Waals surface area contributed by atoms with Gasteiger partial charge in [-0.3, -0.25) is 13.9 Å². The molecule has 3 aromatic rings. The molecule has 0 bridgehead atoms. The lowest BCUT2D eigenvalue weighted by atomic mass is 10.1. The minimum atomic E-state index is -3.69. The highest BCUT2D eigenvalue weighted by Crippen LogP contribution is 2.42. The Bertz CT molecular complexity index is 1460. The van der Waals surface area contributed by atoms with Crippen LogP contribution in [0.2, 0.25) is 5.02 Å². The van der Waals surface area contributed by atoms with E-state index in [1.807, 2.05) is 43.3 Å². The third-order valence-corrected chi connectivity index (χ3v) is 9.89. The van der Waals surface area contributed by atoms with Crippen LogP contribution in [0.5, 0.6) is 0 Å². The number of nitrogens with one attached hydrogen (secondary N) is 1. The van der Waals surface area contributed by atoms with Crippen molar-refractivity contribution in [2.75, 3.05) is 10.8 Å². The normalized spacial score (nSPS) is 16.9. The molecule has 2 aliphatic rings. The number of benzene rings is 3. The molecule has 0 saturated heterocycles. The Morgan fingerprint density at radius 2 is 1.74 bits per heavy atom. The third kappa shape index (κ3) is 5.63. The van der Waals surface area contributed by atoms with Gasteiger partial charge in [0.25, 0.3) is 10.0 Å². The Morgan fingerprint density at radius 1 is 1.05 bits per heavy atom. The van der Waals surface area contributed by atoms with E-state index in [2.05, 4.69) is 5.32 Å². The lowest BCUT2D eigenvalue weighted by Crippen LogP contribution is -2.51. The molecule has 1 saturated carbocycles. The number of carbonyl (C=O) groups excluding carboxylic acids is 2. The molecular weight excluding hydrogens is 534 g/mol. The second kappa shape index (κ2) is 11.6. The first-order valence-electron chi connectivity index (χ1n) is 13.7. The second-order valence-corrected chi connectivity index (χ2v) is 12.6. The van der Waals surface area contributed by atoms with Crippen LogP contribution in [0, 0.1) is 0 Å². The number of sulfonamides is 1. The predicted molar refractivity (Wildman–Crippen MR) is 154 cm³/mol. The summed E-state index contributed by atoms with van der Waals surface area (Å²) in [5.41, 5.74) is 1.53. The summed E-state index contributed by atoms with van der Waals surface area (Å²) in [6, 6.07) is 17.7. The Labute approximate surface area is 235 Å². The van der Waals surface area contributed by atoms with Crippen LogP contribution in [0.4, 0.5) is 5.69 Å². The SMILES string of the molecule is CCC(C(=O)NC1CCCC1)N(Cc1ccc(Cl)cc1)C(=O)CCCN1c2cccc3cccc(c23)S1(=O)=O. The monoisotopic (exact) mass is 567 g/mol. The predicted octanol–water partition coefficient (Wildman–Crippen LogP) is 5.65. The molecule has 39 heavy (non-hydrogen) atoms. The summed E-state index contributed by atoms with van der Waals surface area (Å²) in [6.07, 6.45) is 5.08. The summed E-state index contributed by atoms with van der Waals surface area (Å²) < 4.78 is 28.0. The first kappa shape index (κ1) is 27.5. The van der Waals surface area contributed by atoms with E-state index in [9.17, 15) is 18.0 Å². The van der Waals surface area contributed by atoms with Crippen LogP contribution in [0.1, 0.15) is 57.4 Å². The second-order valence-electron chi connectivity index (χ2n) is 10.4. The lowest BCUT2D eigenvalue weighted by molar-refractivity contribution is -0.141. The molecule has 3 aromatic carbocycles. The molecule has 1 fully saturated rings. The van der Waals surface area contributed by atoms with E-state index >= 15 is 0 Å². The Balaban J connectivity index is 1.32. The standard InChI is InChI=1S/C30H34ClN3O4S/c1-2-25(30(36)32-24-10-3-4-11-24)33(20-21-15-17-23(31)18-16-21)28(35)14-7-19-34-26-12-5-8-22-9-6-13-27(29(22)26)39(34,37)38/h5-6,8-9,12-13,15-18,24-25H,2-4,7,10-11,14,19-20H2,1H3,(H,32,36). The first-order valence-corrected chi connectivity index (χ1v) is 15.5. The molecule has 2 amide bonds. The fraction of sp³-hybridized carbons (Fsp3) is 0.400. The van der Waals surface area contributed by atoms with Gasteiger partial charge >= 0.3 is 0 Å². The van der Waals surface area contributed by atoms with E-state index in [0.717, 1.165) is 42.0 Å². The summed E-state index contributed by atoms with van der Waals surface area (Å²) in [5, 5.41) is 5.36. The fourth-order valence-corrected chi connectivity index (χ4v) is 7.66. The average Bonchev–Trinajstić information content (AvgIpc) is 3.51. The number of halogens is 1. The third-order valence-electron chi connectivity index (χ3n) is 7.79. The summed E-state index contributed by atoms with van der Waals surface area (Å²) in [5.74, 6) is -0.304. The molecule has 1 aliphatic heterocycles. The maximum Gasteiger partial charge on any atom is 0.265 e. The van der Waals surface area contributed by atoms with E-state index in [4.69, 9.17) is 11.6 Å². The van der Waals surface area contributed by atoms with Gasteiger partial charge in [0.1, 0.15) is 6.04 Å². The van der Waals surface area contributed by atoms with Gasteiger partial charge in [0.15, 0.2) is 0 Å². The van der Waals surface area contributed by atoms with Gasteiger partial charge in [0.2, 0.25) is 11.8 Å². The van der Waals surface area contributed by atoms with Gasteiger partial charge in [-0.2, -0.15) is 0 Å². The average molecular weight is 568 g/mol. The molecule has 1 heterocycles. The van der Waals surface area contributed by atoms with E-state index in [0.29, 0.717) is 28.4 Å². The molecule has 5 rings (SSSR count). The van der Waals surface area contributed by atoms with E-state index < -0.39 is 16.1 Å². The lowest BCUT2D eigenvalue weighted by Gasteiger charge is -2.32. The van der Waals surface area contributed by atoms with Crippen molar-refractivity contribution in [2.24, 2.45) is 0 Å². The van der Waals surface area contributed by atoms with Gasteiger partial charge in [-0.15, -0.1) is 0 Å². The number of rotatable bonds is 10. The maximum absolute atomic E-state index is 13.7. The number of amides is 2. The molecule has 0 spiro atoms. The zero-order valence-electron chi connectivity index (χ0n) is 22.1. The van der Waals surface area contributed by atoms with Gasteiger partial charge in [0.05, 0.1) is 10.6 Å². The van der Waals surface area contributed by atoms with Crippen molar-refractivity contribution in [2.45, 2.75) is 75.4 Å². The summed E-state index contributed by atoms with van der Waals surface area (Å²) in [7, 11) is -3.69. The molecular formula is C30H34ClN3O4S. The number of hydrogen-bond donors (Lipinski definition) is 1. The Morgan fingerprint density at radius 3 is 2.44 bits per heavy atom. The first-order chi connectivity index (χ1) is 18.8. The van der Waals surface area contributed by atoms with E-state index in [1.54, 1.807) is 29.2 Å². The largest absolute Gasteiger partial charge is 0.352 e. The van der Waals surface area contributed by atoms with Crippen molar-refractivity contribution in [3.05, 3.63) is 71.2 Å². The minimum Gasteiger partial charge on any atom is -0.352 e. The number of anilines is 1. The molecule has 0 aromatic heterocycles. The minimum absolute atomic E-state index is 0.124. The highest BCUT2D eigenvalue weighted by atomic mass is 35.5. The zero-order chi connectivity index (χ0) is 27.6. The topological polar surface area (TPSA) is 86.8 Å². The van der Waals surface area contributed by atoms with Crippen molar-refractivity contribution in [3.8, 4) is 0 Å². The molecule has 1 atom stereocenters. The summed E-state index contributed by atoms with van der Waals surface area (Å²) in [6.45, 7) is 2.37. The summed E-state index contributed by atoms with van der Waals surface area (Å²) in [4.78, 5) is 28.9. The van der Waals surface area contributed by atoms with Gasteiger partial charge in [0, 0.05) is 36.0 Å². The molecule has 1 unspecified atom stereocenters. The van der Waals surface area contributed by atoms with Gasteiger partial charge in [-0.05, 0) is 60.9 Å². The number of nitrogens with zero attached hydrogens (tertiary/aromatic N) is 2. The number of carbonyl (C=O) groups is 2. The maximum atomic E-state index is 13.7. The summed E-state index contributed by atoms with van der Waals surface area (Å²) >= 11 is 6.06. The van der Waals surface area contributed by atoms with Crippen LogP contribution >= 0.6 is 11.6 Å². The van der Waals surface area contributed by atoms with Crippen molar-refractivity contribution < 1.29 is 18.0 Å². The fourth-order valence-electron chi connectivity index (χ4n) is 5.79. The Kier molecular flexibility index (Phi) is 8.14. The smallest absolute Gasteiger partial charge is 0.265 e. The molecule has 1 aliphatic carbocycles. The van der Waals surface area contributed by atoms with E-state index in [1.165, 1.54) is 4.31 Å². The molecule has 1 N–H and O–H groups in total. The van der Waals surface area contributed by atoms with Crippen LogP contribution in [-0.2, 0) is 26.2 Å². The van der Waals surface area contributed by atoms with E-state index in [-0.39, 0.29) is 37.4 Å². The number of hydrogen-bond acceptors (Lipinski definition) is 4. The van der Waals surface area contributed by atoms with Crippen LogP contribution in [0.25, 0.3) is 10.8 Å². The van der Waals surface area contributed by atoms with Gasteiger partial charge in [-0.25, -0.2) is 8.42 Å². The van der Waals surface area contributed by atoms with Gasteiger partial charge in [-0.1, -0.05) is 67.8 Å². The highest BCUT2D eigenvalue weighted by molar-refractivity contribution is 7.93.